The highest BCUT2D eigenvalue weighted by Crippen LogP contribution is 2.12. The highest BCUT2D eigenvalue weighted by atomic mass is 16.5. The fourth-order valence-electron chi connectivity index (χ4n) is 1.98. The lowest BCUT2D eigenvalue weighted by molar-refractivity contribution is -0.137. The Morgan fingerprint density at radius 2 is 2.13 bits per heavy atom. The maximum Gasteiger partial charge on any atom is 0.242 e. The lowest BCUT2D eigenvalue weighted by Gasteiger charge is -2.30. The summed E-state index contributed by atoms with van der Waals surface area (Å²) in [6.07, 6.45) is 0.940. The van der Waals surface area contributed by atoms with Gasteiger partial charge < -0.3 is 19.7 Å². The standard InChI is InChI=1S/C10H18N2O3/c1-12(8-2-4-14-6-8)10(13)9-7-15-5-3-11-9/h8-9,11H,2-7H2,1H3. The Labute approximate surface area is 89.7 Å². The van der Waals surface area contributed by atoms with Crippen molar-refractivity contribution in [3.63, 3.8) is 0 Å². The molecular formula is C10H18N2O3. The van der Waals surface area contributed by atoms with Crippen molar-refractivity contribution in [2.45, 2.75) is 18.5 Å². The molecule has 2 saturated heterocycles. The highest BCUT2D eigenvalue weighted by Gasteiger charge is 2.30. The molecule has 2 unspecified atom stereocenters. The van der Waals surface area contributed by atoms with Crippen LogP contribution in [0.25, 0.3) is 0 Å². The van der Waals surface area contributed by atoms with Gasteiger partial charge in [0.2, 0.25) is 5.91 Å². The third-order valence-electron chi connectivity index (χ3n) is 3.02. The van der Waals surface area contributed by atoms with E-state index >= 15 is 0 Å². The average molecular weight is 214 g/mol. The van der Waals surface area contributed by atoms with Gasteiger partial charge in [-0.25, -0.2) is 0 Å². The summed E-state index contributed by atoms with van der Waals surface area (Å²) in [7, 11) is 1.85. The van der Waals surface area contributed by atoms with Gasteiger partial charge in [-0.2, -0.15) is 0 Å². The van der Waals surface area contributed by atoms with Gasteiger partial charge in [0.25, 0.3) is 0 Å². The van der Waals surface area contributed by atoms with Crippen LogP contribution >= 0.6 is 0 Å². The molecule has 0 saturated carbocycles. The minimum Gasteiger partial charge on any atom is -0.379 e. The Balaban J connectivity index is 1.87. The molecule has 0 spiro atoms. The van der Waals surface area contributed by atoms with Crippen LogP contribution in [-0.2, 0) is 14.3 Å². The molecule has 0 aromatic carbocycles. The molecule has 86 valence electrons. The van der Waals surface area contributed by atoms with E-state index in [0.717, 1.165) is 19.6 Å². The lowest BCUT2D eigenvalue weighted by Crippen LogP contribution is -2.53. The van der Waals surface area contributed by atoms with Crippen LogP contribution in [0.1, 0.15) is 6.42 Å². The summed E-state index contributed by atoms with van der Waals surface area (Å²) in [6, 6.07) is 0.0607. The van der Waals surface area contributed by atoms with Gasteiger partial charge in [0.1, 0.15) is 6.04 Å². The highest BCUT2D eigenvalue weighted by molar-refractivity contribution is 5.82. The molecule has 1 N–H and O–H groups in total. The third kappa shape index (κ3) is 2.48. The molecule has 2 aliphatic rings. The van der Waals surface area contributed by atoms with Gasteiger partial charge in [0.15, 0.2) is 0 Å². The maximum atomic E-state index is 12.0. The molecule has 0 bridgehead atoms. The zero-order valence-electron chi connectivity index (χ0n) is 9.07. The minimum absolute atomic E-state index is 0.116. The van der Waals surface area contributed by atoms with Gasteiger partial charge in [-0.1, -0.05) is 0 Å². The normalized spacial score (nSPS) is 31.5. The van der Waals surface area contributed by atoms with Gasteiger partial charge in [-0.05, 0) is 6.42 Å². The molecule has 0 aromatic rings. The number of likely N-dealkylation sites (N-methyl/N-ethyl adjacent to an activating group) is 1. The lowest BCUT2D eigenvalue weighted by atomic mass is 10.2. The molecule has 5 nitrogen and oxygen atoms in total. The number of morpholine rings is 1. The van der Waals surface area contributed by atoms with Crippen LogP contribution in [0.4, 0.5) is 0 Å². The van der Waals surface area contributed by atoms with Crippen molar-refractivity contribution in [2.75, 3.05) is 40.0 Å². The minimum atomic E-state index is -0.177. The summed E-state index contributed by atoms with van der Waals surface area (Å²) in [5, 5.41) is 3.17. The van der Waals surface area contributed by atoms with E-state index in [4.69, 9.17) is 9.47 Å². The van der Waals surface area contributed by atoms with Crippen LogP contribution in [0.3, 0.4) is 0 Å². The number of nitrogens with one attached hydrogen (secondary N) is 1. The summed E-state index contributed by atoms with van der Waals surface area (Å²) >= 11 is 0. The molecule has 2 heterocycles. The number of amides is 1. The summed E-state index contributed by atoms with van der Waals surface area (Å²) in [5.74, 6) is 0.116. The van der Waals surface area contributed by atoms with Gasteiger partial charge in [-0.3, -0.25) is 4.79 Å². The molecular weight excluding hydrogens is 196 g/mol. The first kappa shape index (κ1) is 10.9. The molecule has 15 heavy (non-hydrogen) atoms. The smallest absolute Gasteiger partial charge is 0.242 e. The van der Waals surface area contributed by atoms with Gasteiger partial charge >= 0.3 is 0 Å². The number of ether oxygens (including phenoxy) is 2. The molecule has 0 radical (unpaired) electrons. The zero-order valence-corrected chi connectivity index (χ0v) is 9.07. The van der Waals surface area contributed by atoms with E-state index in [-0.39, 0.29) is 18.0 Å². The Morgan fingerprint density at radius 3 is 2.73 bits per heavy atom. The fourth-order valence-corrected chi connectivity index (χ4v) is 1.98. The van der Waals surface area contributed by atoms with E-state index < -0.39 is 0 Å². The summed E-state index contributed by atoms with van der Waals surface area (Å²) in [4.78, 5) is 13.8. The van der Waals surface area contributed by atoms with Crippen molar-refractivity contribution in [2.24, 2.45) is 0 Å². The molecule has 1 amide bonds. The molecule has 2 fully saturated rings. The number of hydrogen-bond donors (Lipinski definition) is 1. The molecule has 2 atom stereocenters. The van der Waals surface area contributed by atoms with Crippen molar-refractivity contribution in [3.8, 4) is 0 Å². The monoisotopic (exact) mass is 214 g/mol. The summed E-state index contributed by atoms with van der Waals surface area (Å²) < 4.78 is 10.5. The van der Waals surface area contributed by atoms with Crippen molar-refractivity contribution < 1.29 is 14.3 Å². The number of rotatable bonds is 2. The Kier molecular flexibility index (Phi) is 3.56. The second kappa shape index (κ2) is 4.92. The number of hydrogen-bond acceptors (Lipinski definition) is 4. The third-order valence-corrected chi connectivity index (χ3v) is 3.02. The molecule has 2 rings (SSSR count). The van der Waals surface area contributed by atoms with Crippen molar-refractivity contribution in [1.29, 1.82) is 0 Å². The number of nitrogens with zero attached hydrogens (tertiary/aromatic N) is 1. The van der Waals surface area contributed by atoms with Crippen molar-refractivity contribution in [1.82, 2.24) is 10.2 Å². The summed E-state index contributed by atoms with van der Waals surface area (Å²) in [5.41, 5.74) is 0. The number of carbonyl (C=O) groups is 1. The maximum absolute atomic E-state index is 12.0. The van der Waals surface area contributed by atoms with Crippen LogP contribution in [0.5, 0.6) is 0 Å². The summed E-state index contributed by atoms with van der Waals surface area (Å²) in [6.45, 7) is 3.36. The van der Waals surface area contributed by atoms with E-state index in [1.54, 1.807) is 4.90 Å². The molecule has 0 aromatic heterocycles. The first-order valence-corrected chi connectivity index (χ1v) is 5.44. The van der Waals surface area contributed by atoms with Crippen molar-refractivity contribution >= 4 is 5.91 Å². The van der Waals surface area contributed by atoms with E-state index in [1.165, 1.54) is 0 Å². The van der Waals surface area contributed by atoms with E-state index in [0.29, 0.717) is 19.8 Å². The second-order valence-electron chi connectivity index (χ2n) is 4.05. The van der Waals surface area contributed by atoms with Crippen LogP contribution < -0.4 is 5.32 Å². The van der Waals surface area contributed by atoms with Crippen LogP contribution in [-0.4, -0.2) is 62.9 Å². The predicted octanol–water partition coefficient (Wildman–Crippen LogP) is -0.778. The van der Waals surface area contributed by atoms with Gasteiger partial charge in [0.05, 0.1) is 25.9 Å². The van der Waals surface area contributed by atoms with E-state index in [2.05, 4.69) is 5.32 Å². The predicted molar refractivity (Wildman–Crippen MR) is 54.6 cm³/mol. The van der Waals surface area contributed by atoms with Crippen molar-refractivity contribution in [3.05, 3.63) is 0 Å². The molecule has 0 aliphatic carbocycles. The first-order chi connectivity index (χ1) is 7.29. The van der Waals surface area contributed by atoms with E-state index in [1.807, 2.05) is 7.05 Å². The fraction of sp³-hybridized carbons (Fsp3) is 0.900. The van der Waals surface area contributed by atoms with Crippen LogP contribution in [0.2, 0.25) is 0 Å². The average Bonchev–Trinajstić information content (AvgIpc) is 2.82. The quantitative estimate of drug-likeness (QED) is 0.655. The zero-order chi connectivity index (χ0) is 10.7. The van der Waals surface area contributed by atoms with Gasteiger partial charge in [0, 0.05) is 20.2 Å². The van der Waals surface area contributed by atoms with Gasteiger partial charge in [-0.15, -0.1) is 0 Å². The SMILES string of the molecule is CN(C(=O)C1COCCN1)C1CCOC1. The van der Waals surface area contributed by atoms with Crippen LogP contribution in [0, 0.1) is 0 Å². The molecule has 2 aliphatic heterocycles. The topological polar surface area (TPSA) is 50.8 Å². The number of carbonyl (C=O) groups excluding carboxylic acids is 1. The second-order valence-corrected chi connectivity index (χ2v) is 4.05. The Morgan fingerprint density at radius 1 is 1.33 bits per heavy atom. The van der Waals surface area contributed by atoms with E-state index in [9.17, 15) is 4.79 Å². The Bertz CT molecular complexity index is 223. The van der Waals surface area contributed by atoms with Crippen LogP contribution in [0.15, 0.2) is 0 Å². The molecule has 5 heteroatoms. The first-order valence-electron chi connectivity index (χ1n) is 5.44. The largest absolute Gasteiger partial charge is 0.379 e. The Hall–Kier alpha value is -0.650.